The first-order chi connectivity index (χ1) is 8.69. The lowest BCUT2D eigenvalue weighted by Crippen LogP contribution is -2.39. The first-order valence-corrected chi connectivity index (χ1v) is 8.13. The number of nitrogens with one attached hydrogen (secondary N) is 1. The molecule has 1 aliphatic carbocycles. The molecule has 1 spiro atoms. The van der Waals surface area contributed by atoms with E-state index < -0.39 is 0 Å². The second-order valence-corrected chi connectivity index (χ2v) is 7.46. The lowest BCUT2D eigenvalue weighted by molar-refractivity contribution is 0.134. The minimum Gasteiger partial charge on any atom is -0.316 e. The number of likely N-dealkylation sites (tertiary alicyclic amines) is 1. The molecule has 18 heavy (non-hydrogen) atoms. The van der Waals surface area contributed by atoms with Crippen LogP contribution in [-0.4, -0.2) is 37.1 Å². The van der Waals surface area contributed by atoms with Crippen LogP contribution in [0.5, 0.6) is 0 Å². The third kappa shape index (κ3) is 2.46. The summed E-state index contributed by atoms with van der Waals surface area (Å²) in [6.07, 6.45) is 8.75. The van der Waals surface area contributed by atoms with Crippen molar-refractivity contribution in [3.8, 4) is 0 Å². The van der Waals surface area contributed by atoms with Gasteiger partial charge in [-0.15, -0.1) is 0 Å². The van der Waals surface area contributed by atoms with Gasteiger partial charge in [0.25, 0.3) is 0 Å². The van der Waals surface area contributed by atoms with Crippen molar-refractivity contribution in [3.05, 3.63) is 0 Å². The Bertz CT molecular complexity index is 273. The van der Waals surface area contributed by atoms with Crippen LogP contribution in [0.4, 0.5) is 0 Å². The standard InChI is InChI=1S/C16H30N2/c1-13(2)14-3-5-15(6-4-14)18-10-8-16(12-18)7-9-17-11-16/h13-15,17H,3-12H2,1-2H3. The predicted octanol–water partition coefficient (Wildman–Crippen LogP) is 2.89. The molecule has 2 saturated heterocycles. The second kappa shape index (κ2) is 5.13. The molecule has 2 heterocycles. The van der Waals surface area contributed by atoms with E-state index >= 15 is 0 Å². The molecule has 104 valence electrons. The zero-order chi connectivity index (χ0) is 12.6. The SMILES string of the molecule is CC(C)C1CCC(N2CCC3(CCNC3)C2)CC1. The summed E-state index contributed by atoms with van der Waals surface area (Å²) in [6, 6.07) is 0.917. The van der Waals surface area contributed by atoms with Gasteiger partial charge in [0.05, 0.1) is 0 Å². The summed E-state index contributed by atoms with van der Waals surface area (Å²) in [5.74, 6) is 1.90. The zero-order valence-corrected chi connectivity index (χ0v) is 12.3. The highest BCUT2D eigenvalue weighted by molar-refractivity contribution is 4.98. The molecule has 2 nitrogen and oxygen atoms in total. The maximum atomic E-state index is 3.57. The summed E-state index contributed by atoms with van der Waals surface area (Å²) in [5, 5.41) is 3.57. The summed E-state index contributed by atoms with van der Waals surface area (Å²) >= 11 is 0. The van der Waals surface area contributed by atoms with Crippen molar-refractivity contribution in [1.29, 1.82) is 0 Å². The molecule has 0 aromatic carbocycles. The predicted molar refractivity (Wildman–Crippen MR) is 76.7 cm³/mol. The van der Waals surface area contributed by atoms with E-state index in [0.717, 1.165) is 17.9 Å². The fraction of sp³-hybridized carbons (Fsp3) is 1.00. The van der Waals surface area contributed by atoms with Crippen LogP contribution in [0.3, 0.4) is 0 Å². The van der Waals surface area contributed by atoms with Crippen molar-refractivity contribution in [2.45, 2.75) is 58.4 Å². The van der Waals surface area contributed by atoms with Crippen molar-refractivity contribution in [3.63, 3.8) is 0 Å². The van der Waals surface area contributed by atoms with Gasteiger partial charge < -0.3 is 5.32 Å². The molecular weight excluding hydrogens is 220 g/mol. The lowest BCUT2D eigenvalue weighted by Gasteiger charge is -2.36. The van der Waals surface area contributed by atoms with Crippen LogP contribution in [0, 0.1) is 17.3 Å². The van der Waals surface area contributed by atoms with Crippen molar-refractivity contribution in [2.75, 3.05) is 26.2 Å². The van der Waals surface area contributed by atoms with E-state index in [1.54, 1.807) is 0 Å². The number of hydrogen-bond acceptors (Lipinski definition) is 2. The van der Waals surface area contributed by atoms with Gasteiger partial charge in [0, 0.05) is 19.1 Å². The Balaban J connectivity index is 1.52. The largest absolute Gasteiger partial charge is 0.316 e. The summed E-state index contributed by atoms with van der Waals surface area (Å²) in [7, 11) is 0. The number of nitrogens with zero attached hydrogens (tertiary/aromatic N) is 1. The van der Waals surface area contributed by atoms with E-state index in [9.17, 15) is 0 Å². The fourth-order valence-corrected chi connectivity index (χ4v) is 4.56. The van der Waals surface area contributed by atoms with Crippen LogP contribution in [0.2, 0.25) is 0 Å². The van der Waals surface area contributed by atoms with Gasteiger partial charge in [0.15, 0.2) is 0 Å². The Kier molecular flexibility index (Phi) is 3.68. The maximum Gasteiger partial charge on any atom is 0.00957 e. The van der Waals surface area contributed by atoms with Crippen LogP contribution < -0.4 is 5.32 Å². The summed E-state index contributed by atoms with van der Waals surface area (Å²) in [5.41, 5.74) is 0.662. The van der Waals surface area contributed by atoms with Gasteiger partial charge in [-0.2, -0.15) is 0 Å². The summed E-state index contributed by atoms with van der Waals surface area (Å²) in [6.45, 7) is 10.1. The highest BCUT2D eigenvalue weighted by Gasteiger charge is 2.42. The Hall–Kier alpha value is -0.0800. The van der Waals surface area contributed by atoms with E-state index in [2.05, 4.69) is 24.1 Å². The highest BCUT2D eigenvalue weighted by atomic mass is 15.2. The van der Waals surface area contributed by atoms with Crippen molar-refractivity contribution in [2.24, 2.45) is 17.3 Å². The van der Waals surface area contributed by atoms with E-state index in [4.69, 9.17) is 0 Å². The minimum atomic E-state index is 0.662. The van der Waals surface area contributed by atoms with Crippen LogP contribution in [-0.2, 0) is 0 Å². The quantitative estimate of drug-likeness (QED) is 0.810. The van der Waals surface area contributed by atoms with Gasteiger partial charge in [0.1, 0.15) is 0 Å². The second-order valence-electron chi connectivity index (χ2n) is 7.46. The fourth-order valence-electron chi connectivity index (χ4n) is 4.56. The third-order valence-electron chi connectivity index (χ3n) is 6.00. The smallest absolute Gasteiger partial charge is 0.00957 e. The lowest BCUT2D eigenvalue weighted by atomic mass is 9.79. The van der Waals surface area contributed by atoms with Crippen molar-refractivity contribution < 1.29 is 0 Å². The van der Waals surface area contributed by atoms with Crippen LogP contribution >= 0.6 is 0 Å². The molecule has 0 aromatic heterocycles. The molecule has 3 fully saturated rings. The Labute approximate surface area is 113 Å². The maximum absolute atomic E-state index is 3.57. The topological polar surface area (TPSA) is 15.3 Å². The van der Waals surface area contributed by atoms with Gasteiger partial charge in [0.2, 0.25) is 0 Å². The van der Waals surface area contributed by atoms with Gasteiger partial charge in [-0.1, -0.05) is 13.8 Å². The molecular formula is C16H30N2. The van der Waals surface area contributed by atoms with E-state index in [0.29, 0.717) is 5.41 Å². The van der Waals surface area contributed by atoms with Gasteiger partial charge in [-0.05, 0) is 68.9 Å². The van der Waals surface area contributed by atoms with Crippen LogP contribution in [0.15, 0.2) is 0 Å². The third-order valence-corrected chi connectivity index (χ3v) is 6.00. The molecule has 0 aromatic rings. The molecule has 2 heteroatoms. The van der Waals surface area contributed by atoms with Crippen molar-refractivity contribution in [1.82, 2.24) is 10.2 Å². The summed E-state index contributed by atoms with van der Waals surface area (Å²) < 4.78 is 0. The first kappa shape index (κ1) is 12.9. The highest BCUT2D eigenvalue weighted by Crippen LogP contribution is 2.40. The minimum absolute atomic E-state index is 0.662. The number of rotatable bonds is 2. The molecule has 1 unspecified atom stereocenters. The molecule has 0 amide bonds. The Morgan fingerprint density at radius 3 is 2.50 bits per heavy atom. The number of hydrogen-bond donors (Lipinski definition) is 1. The van der Waals surface area contributed by atoms with Crippen molar-refractivity contribution >= 4 is 0 Å². The zero-order valence-electron chi connectivity index (χ0n) is 12.3. The molecule has 0 radical (unpaired) electrons. The molecule has 1 N–H and O–H groups in total. The van der Waals surface area contributed by atoms with Gasteiger partial charge >= 0.3 is 0 Å². The normalized spacial score (nSPS) is 42.2. The van der Waals surface area contributed by atoms with Gasteiger partial charge in [-0.25, -0.2) is 0 Å². The molecule has 1 atom stereocenters. The average molecular weight is 250 g/mol. The van der Waals surface area contributed by atoms with E-state index in [-0.39, 0.29) is 0 Å². The summed E-state index contributed by atoms with van der Waals surface area (Å²) in [4.78, 5) is 2.84. The average Bonchev–Trinajstić information content (AvgIpc) is 3.01. The van der Waals surface area contributed by atoms with E-state index in [1.807, 2.05) is 0 Å². The Morgan fingerprint density at radius 2 is 1.89 bits per heavy atom. The molecule has 2 aliphatic heterocycles. The molecule has 3 rings (SSSR count). The van der Waals surface area contributed by atoms with Gasteiger partial charge in [-0.3, -0.25) is 4.90 Å². The van der Waals surface area contributed by atoms with E-state index in [1.165, 1.54) is 64.7 Å². The van der Waals surface area contributed by atoms with Crippen LogP contribution in [0.1, 0.15) is 52.4 Å². The first-order valence-electron chi connectivity index (χ1n) is 8.13. The Morgan fingerprint density at radius 1 is 1.11 bits per heavy atom. The monoisotopic (exact) mass is 250 g/mol. The molecule has 3 aliphatic rings. The molecule has 1 saturated carbocycles. The molecule has 0 bridgehead atoms. The van der Waals surface area contributed by atoms with Crippen LogP contribution in [0.25, 0.3) is 0 Å².